The van der Waals surface area contributed by atoms with E-state index in [0.29, 0.717) is 17.9 Å². The second kappa shape index (κ2) is 7.90. The normalized spacial score (nSPS) is 10.5. The molecule has 0 unspecified atom stereocenters. The number of rotatable bonds is 6. The number of para-hydroxylation sites is 1. The smallest absolute Gasteiger partial charge is 0.342 e. The first-order valence-electron chi connectivity index (χ1n) is 6.92. The summed E-state index contributed by atoms with van der Waals surface area (Å²) in [7, 11) is 0. The van der Waals surface area contributed by atoms with Crippen LogP contribution >= 0.6 is 0 Å². The quantitative estimate of drug-likeness (QED) is 0.752. The number of hydrogen-bond acceptors (Lipinski definition) is 3. The summed E-state index contributed by atoms with van der Waals surface area (Å²) in [5.41, 5.74) is 1.52. The minimum Gasteiger partial charge on any atom is -0.493 e. The lowest BCUT2D eigenvalue weighted by Gasteiger charge is -2.08. The molecule has 2 rings (SSSR count). The molecular formula is C18H18O3. The molecule has 108 valence electrons. The Labute approximate surface area is 124 Å². The fourth-order valence-electron chi connectivity index (χ4n) is 1.87. The Morgan fingerprint density at radius 1 is 1.05 bits per heavy atom. The molecule has 0 aliphatic rings. The van der Waals surface area contributed by atoms with Crippen LogP contribution in [-0.4, -0.2) is 19.2 Å². The van der Waals surface area contributed by atoms with Gasteiger partial charge in [0.1, 0.15) is 17.9 Å². The molecule has 0 saturated carbocycles. The highest BCUT2D eigenvalue weighted by molar-refractivity contribution is 5.92. The number of carbonyl (C=O) groups is 1. The molecule has 0 saturated heterocycles. The van der Waals surface area contributed by atoms with Gasteiger partial charge in [0.15, 0.2) is 0 Å². The summed E-state index contributed by atoms with van der Waals surface area (Å²) in [5.74, 6) is 0.175. The minimum atomic E-state index is -0.378. The van der Waals surface area contributed by atoms with Crippen LogP contribution in [0.4, 0.5) is 0 Å². The monoisotopic (exact) mass is 282 g/mol. The molecule has 0 aliphatic heterocycles. The van der Waals surface area contributed by atoms with Crippen molar-refractivity contribution in [3.05, 3.63) is 71.8 Å². The van der Waals surface area contributed by atoms with Crippen LogP contribution in [0.1, 0.15) is 22.8 Å². The van der Waals surface area contributed by atoms with Gasteiger partial charge in [-0.1, -0.05) is 48.5 Å². The maximum absolute atomic E-state index is 12.0. The van der Waals surface area contributed by atoms with Crippen molar-refractivity contribution in [1.29, 1.82) is 0 Å². The molecule has 0 atom stereocenters. The third-order valence-electron chi connectivity index (χ3n) is 2.83. The highest BCUT2D eigenvalue weighted by Crippen LogP contribution is 2.18. The highest BCUT2D eigenvalue weighted by Gasteiger charge is 2.12. The molecule has 0 aliphatic carbocycles. The number of esters is 1. The Hall–Kier alpha value is -2.55. The number of carbonyl (C=O) groups excluding carboxylic acids is 1. The summed E-state index contributed by atoms with van der Waals surface area (Å²) in [6.07, 6.45) is 3.73. The summed E-state index contributed by atoms with van der Waals surface area (Å²) < 4.78 is 10.6. The molecule has 0 N–H and O–H groups in total. The van der Waals surface area contributed by atoms with E-state index in [4.69, 9.17) is 9.47 Å². The first-order valence-corrected chi connectivity index (χ1v) is 6.92. The molecule has 0 heterocycles. The molecule has 0 fully saturated rings. The largest absolute Gasteiger partial charge is 0.493 e. The summed E-state index contributed by atoms with van der Waals surface area (Å²) in [6, 6.07) is 17.0. The van der Waals surface area contributed by atoms with Gasteiger partial charge in [0.2, 0.25) is 0 Å². The molecule has 3 heteroatoms. The van der Waals surface area contributed by atoms with Crippen molar-refractivity contribution in [3.8, 4) is 5.75 Å². The van der Waals surface area contributed by atoms with Crippen molar-refractivity contribution in [2.45, 2.75) is 6.92 Å². The van der Waals surface area contributed by atoms with Gasteiger partial charge < -0.3 is 9.47 Å². The van der Waals surface area contributed by atoms with E-state index in [1.54, 1.807) is 18.2 Å². The van der Waals surface area contributed by atoms with Crippen LogP contribution < -0.4 is 4.74 Å². The summed E-state index contributed by atoms with van der Waals surface area (Å²) >= 11 is 0. The average Bonchev–Trinajstić information content (AvgIpc) is 2.53. The predicted octanol–water partition coefficient (Wildman–Crippen LogP) is 3.96. The third-order valence-corrected chi connectivity index (χ3v) is 2.83. The maximum atomic E-state index is 12.0. The fourth-order valence-corrected chi connectivity index (χ4v) is 1.87. The predicted molar refractivity (Wildman–Crippen MR) is 83.4 cm³/mol. The van der Waals surface area contributed by atoms with Crippen LogP contribution in [0.2, 0.25) is 0 Å². The Bertz CT molecular complexity index is 603. The zero-order valence-corrected chi connectivity index (χ0v) is 12.0. The lowest BCUT2D eigenvalue weighted by atomic mass is 10.2. The summed E-state index contributed by atoms with van der Waals surface area (Å²) in [5, 5.41) is 0. The van der Waals surface area contributed by atoms with Crippen LogP contribution in [0.3, 0.4) is 0 Å². The van der Waals surface area contributed by atoms with Crippen LogP contribution in [0, 0.1) is 0 Å². The van der Waals surface area contributed by atoms with Crippen molar-refractivity contribution in [1.82, 2.24) is 0 Å². The Balaban J connectivity index is 1.92. The van der Waals surface area contributed by atoms with Crippen LogP contribution in [0.5, 0.6) is 5.75 Å². The van der Waals surface area contributed by atoms with Gasteiger partial charge in [-0.15, -0.1) is 0 Å². The number of ether oxygens (including phenoxy) is 2. The molecule has 3 nitrogen and oxygen atoms in total. The van der Waals surface area contributed by atoms with Gasteiger partial charge in [0, 0.05) is 0 Å². The Morgan fingerprint density at radius 2 is 1.76 bits per heavy atom. The second-order valence-electron chi connectivity index (χ2n) is 4.34. The standard InChI is InChI=1S/C18H18O3/c1-2-20-17-13-7-6-12-16(17)18(19)21-14-8-11-15-9-4-3-5-10-15/h3-13H,2,14H2,1H3/b11-8-. The van der Waals surface area contributed by atoms with Crippen molar-refractivity contribution in [2.24, 2.45) is 0 Å². The topological polar surface area (TPSA) is 35.5 Å². The molecular weight excluding hydrogens is 264 g/mol. The first-order chi connectivity index (χ1) is 10.3. The zero-order chi connectivity index (χ0) is 14.9. The van der Waals surface area contributed by atoms with E-state index in [-0.39, 0.29) is 12.6 Å². The second-order valence-corrected chi connectivity index (χ2v) is 4.34. The van der Waals surface area contributed by atoms with Crippen molar-refractivity contribution >= 4 is 12.0 Å². The van der Waals surface area contributed by atoms with Gasteiger partial charge in [-0.25, -0.2) is 4.79 Å². The lowest BCUT2D eigenvalue weighted by Crippen LogP contribution is -2.08. The fraction of sp³-hybridized carbons (Fsp3) is 0.167. The zero-order valence-electron chi connectivity index (χ0n) is 12.0. The van der Waals surface area contributed by atoms with E-state index in [1.165, 1.54) is 0 Å². The lowest BCUT2D eigenvalue weighted by molar-refractivity contribution is 0.0545. The number of benzene rings is 2. The van der Waals surface area contributed by atoms with Gasteiger partial charge in [-0.3, -0.25) is 0 Å². The van der Waals surface area contributed by atoms with Crippen LogP contribution in [0.25, 0.3) is 6.08 Å². The van der Waals surface area contributed by atoms with Gasteiger partial charge in [0.25, 0.3) is 0 Å². The SMILES string of the molecule is CCOc1ccccc1C(=O)OC/C=C\c1ccccc1. The third kappa shape index (κ3) is 4.49. The molecule has 0 radical (unpaired) electrons. The number of hydrogen-bond donors (Lipinski definition) is 0. The molecule has 0 amide bonds. The van der Waals surface area contributed by atoms with E-state index < -0.39 is 0 Å². The van der Waals surface area contributed by atoms with E-state index in [0.717, 1.165) is 5.56 Å². The van der Waals surface area contributed by atoms with Crippen molar-refractivity contribution in [3.63, 3.8) is 0 Å². The maximum Gasteiger partial charge on any atom is 0.342 e. The molecule has 0 aromatic heterocycles. The Morgan fingerprint density at radius 3 is 2.52 bits per heavy atom. The molecule has 21 heavy (non-hydrogen) atoms. The van der Waals surface area contributed by atoms with E-state index >= 15 is 0 Å². The van der Waals surface area contributed by atoms with E-state index in [9.17, 15) is 4.79 Å². The molecule has 2 aromatic carbocycles. The summed E-state index contributed by atoms with van der Waals surface area (Å²) in [6.45, 7) is 2.62. The van der Waals surface area contributed by atoms with E-state index in [2.05, 4.69) is 0 Å². The highest BCUT2D eigenvalue weighted by atomic mass is 16.5. The van der Waals surface area contributed by atoms with E-state index in [1.807, 2.05) is 55.5 Å². The van der Waals surface area contributed by atoms with Crippen LogP contribution in [0.15, 0.2) is 60.7 Å². The minimum absolute atomic E-state index is 0.230. The molecule has 2 aromatic rings. The average molecular weight is 282 g/mol. The van der Waals surface area contributed by atoms with Crippen molar-refractivity contribution in [2.75, 3.05) is 13.2 Å². The van der Waals surface area contributed by atoms with Crippen molar-refractivity contribution < 1.29 is 14.3 Å². The van der Waals surface area contributed by atoms with Gasteiger partial charge in [-0.2, -0.15) is 0 Å². The van der Waals surface area contributed by atoms with Gasteiger partial charge >= 0.3 is 5.97 Å². The van der Waals surface area contributed by atoms with Crippen LogP contribution in [-0.2, 0) is 4.74 Å². The first kappa shape index (κ1) is 14.9. The van der Waals surface area contributed by atoms with Gasteiger partial charge in [0.05, 0.1) is 6.61 Å². The molecule has 0 bridgehead atoms. The Kier molecular flexibility index (Phi) is 5.59. The summed E-state index contributed by atoms with van der Waals surface area (Å²) in [4.78, 5) is 12.0. The van der Waals surface area contributed by atoms with Gasteiger partial charge in [-0.05, 0) is 30.7 Å². The molecule has 0 spiro atoms.